The van der Waals surface area contributed by atoms with Gasteiger partial charge in [-0.2, -0.15) is 5.10 Å². The Labute approximate surface area is 133 Å². The lowest BCUT2D eigenvalue weighted by atomic mass is 10.2. The third kappa shape index (κ3) is 2.96. The molecule has 0 atom stereocenters. The van der Waals surface area contributed by atoms with E-state index in [-0.39, 0.29) is 5.91 Å². The summed E-state index contributed by atoms with van der Waals surface area (Å²) in [6.07, 6.45) is 3.95. The number of pyridine rings is 1. The number of carbonyl (C=O) groups is 1. The van der Waals surface area contributed by atoms with Gasteiger partial charge >= 0.3 is 0 Å². The van der Waals surface area contributed by atoms with Gasteiger partial charge in [-0.25, -0.2) is 4.98 Å². The van der Waals surface area contributed by atoms with Crippen LogP contribution in [0.4, 0.5) is 5.69 Å². The summed E-state index contributed by atoms with van der Waals surface area (Å²) in [7, 11) is 0. The molecule has 2 heterocycles. The van der Waals surface area contributed by atoms with Crippen molar-refractivity contribution in [2.75, 3.05) is 5.32 Å². The summed E-state index contributed by atoms with van der Waals surface area (Å²) in [5.41, 5.74) is 1.94. The molecule has 0 radical (unpaired) electrons. The maximum atomic E-state index is 12.2. The molecule has 2 N–H and O–H groups in total. The first kappa shape index (κ1) is 13.6. The van der Waals surface area contributed by atoms with Gasteiger partial charge in [0, 0.05) is 23.4 Å². The second-order valence-corrected chi connectivity index (χ2v) is 5.57. The number of carbonyl (C=O) groups excluding carboxylic acids is 1. The number of rotatable bonds is 4. The molecule has 1 aliphatic carbocycles. The standard InChI is InChI=1S/C17H15N5O/c23-17(14-6-1-2-9-18-14)19-13-5-3-4-12(10-13)16-20-15(21-22-16)11-7-8-11/h1-6,9-11H,7-8H2,(H,19,23)(H,20,21,22). The Bertz CT molecular complexity index is 839. The summed E-state index contributed by atoms with van der Waals surface area (Å²) < 4.78 is 0. The Morgan fingerprint density at radius 2 is 2.09 bits per heavy atom. The zero-order valence-corrected chi connectivity index (χ0v) is 12.4. The van der Waals surface area contributed by atoms with Gasteiger partial charge in [-0.1, -0.05) is 18.2 Å². The molecule has 0 spiro atoms. The molecule has 1 amide bonds. The van der Waals surface area contributed by atoms with Gasteiger partial charge in [0.1, 0.15) is 11.5 Å². The normalized spacial score (nSPS) is 13.7. The van der Waals surface area contributed by atoms with Crippen LogP contribution in [0.25, 0.3) is 11.4 Å². The SMILES string of the molecule is O=C(Nc1cccc(-c2n[nH]c(C3CC3)n2)c1)c1ccccn1. The first-order valence-electron chi connectivity index (χ1n) is 7.55. The number of anilines is 1. The van der Waals surface area contributed by atoms with Crippen molar-refractivity contribution in [1.29, 1.82) is 0 Å². The fourth-order valence-electron chi connectivity index (χ4n) is 2.37. The number of benzene rings is 1. The number of nitrogens with one attached hydrogen (secondary N) is 2. The Balaban J connectivity index is 1.54. The Hall–Kier alpha value is -3.02. The quantitative estimate of drug-likeness (QED) is 0.776. The van der Waals surface area contributed by atoms with Crippen LogP contribution in [0.15, 0.2) is 48.7 Å². The summed E-state index contributed by atoms with van der Waals surface area (Å²) in [6.45, 7) is 0. The maximum Gasteiger partial charge on any atom is 0.274 e. The van der Waals surface area contributed by atoms with Gasteiger partial charge in [-0.3, -0.25) is 14.9 Å². The number of nitrogens with zero attached hydrogens (tertiary/aromatic N) is 3. The first-order chi connectivity index (χ1) is 11.3. The predicted molar refractivity (Wildman–Crippen MR) is 86.0 cm³/mol. The molecular formula is C17H15N5O. The van der Waals surface area contributed by atoms with Crippen LogP contribution in [-0.4, -0.2) is 26.1 Å². The van der Waals surface area contributed by atoms with Crippen LogP contribution >= 0.6 is 0 Å². The van der Waals surface area contributed by atoms with Gasteiger partial charge < -0.3 is 5.32 Å². The largest absolute Gasteiger partial charge is 0.321 e. The topological polar surface area (TPSA) is 83.6 Å². The van der Waals surface area contributed by atoms with E-state index in [1.54, 1.807) is 24.4 Å². The molecule has 0 bridgehead atoms. The van der Waals surface area contributed by atoms with E-state index in [9.17, 15) is 4.79 Å². The van der Waals surface area contributed by atoms with Crippen molar-refractivity contribution in [3.05, 3.63) is 60.2 Å². The molecule has 23 heavy (non-hydrogen) atoms. The Kier molecular flexibility index (Phi) is 3.34. The number of amides is 1. The van der Waals surface area contributed by atoms with Gasteiger partial charge in [-0.15, -0.1) is 0 Å². The van der Waals surface area contributed by atoms with E-state index >= 15 is 0 Å². The van der Waals surface area contributed by atoms with Gasteiger partial charge in [0.2, 0.25) is 0 Å². The summed E-state index contributed by atoms with van der Waals surface area (Å²) in [4.78, 5) is 20.7. The van der Waals surface area contributed by atoms with Gasteiger partial charge in [0.15, 0.2) is 5.82 Å². The van der Waals surface area contributed by atoms with Crippen molar-refractivity contribution in [3.8, 4) is 11.4 Å². The molecular weight excluding hydrogens is 290 g/mol. The van der Waals surface area contributed by atoms with Crippen molar-refractivity contribution < 1.29 is 4.79 Å². The summed E-state index contributed by atoms with van der Waals surface area (Å²) in [6, 6.07) is 12.7. The highest BCUT2D eigenvalue weighted by Gasteiger charge is 2.27. The molecule has 6 heteroatoms. The highest BCUT2D eigenvalue weighted by Crippen LogP contribution is 2.38. The lowest BCUT2D eigenvalue weighted by Crippen LogP contribution is -2.13. The van der Waals surface area contributed by atoms with E-state index in [0.717, 1.165) is 11.4 Å². The number of aromatic amines is 1. The summed E-state index contributed by atoms with van der Waals surface area (Å²) in [5.74, 6) is 1.89. The van der Waals surface area contributed by atoms with E-state index in [2.05, 4.69) is 25.5 Å². The summed E-state index contributed by atoms with van der Waals surface area (Å²) in [5, 5.41) is 10.1. The monoisotopic (exact) mass is 305 g/mol. The molecule has 0 saturated heterocycles. The molecule has 6 nitrogen and oxygen atoms in total. The average Bonchev–Trinajstić information content (AvgIpc) is 3.33. The second kappa shape index (κ2) is 5.64. The maximum absolute atomic E-state index is 12.2. The van der Waals surface area contributed by atoms with Crippen LogP contribution in [0.3, 0.4) is 0 Å². The van der Waals surface area contributed by atoms with E-state index in [1.165, 1.54) is 12.8 Å². The number of hydrogen-bond acceptors (Lipinski definition) is 4. The van der Waals surface area contributed by atoms with Crippen LogP contribution in [0.5, 0.6) is 0 Å². The number of aromatic nitrogens is 4. The number of hydrogen-bond donors (Lipinski definition) is 2. The van der Waals surface area contributed by atoms with Crippen LogP contribution < -0.4 is 5.32 Å². The average molecular weight is 305 g/mol. The molecule has 1 aliphatic rings. The lowest BCUT2D eigenvalue weighted by Gasteiger charge is -2.05. The van der Waals surface area contributed by atoms with Crippen molar-refractivity contribution >= 4 is 11.6 Å². The van der Waals surface area contributed by atoms with Crippen LogP contribution in [0, 0.1) is 0 Å². The van der Waals surface area contributed by atoms with E-state index < -0.39 is 0 Å². The van der Waals surface area contributed by atoms with E-state index in [0.29, 0.717) is 23.1 Å². The van der Waals surface area contributed by atoms with Gasteiger partial charge in [0.05, 0.1) is 0 Å². The molecule has 0 unspecified atom stereocenters. The fourth-order valence-corrected chi connectivity index (χ4v) is 2.37. The zero-order valence-electron chi connectivity index (χ0n) is 12.4. The lowest BCUT2D eigenvalue weighted by molar-refractivity contribution is 0.102. The molecule has 1 fully saturated rings. The highest BCUT2D eigenvalue weighted by atomic mass is 16.1. The molecule has 114 valence electrons. The first-order valence-corrected chi connectivity index (χ1v) is 7.55. The van der Waals surface area contributed by atoms with E-state index in [4.69, 9.17) is 0 Å². The second-order valence-electron chi connectivity index (χ2n) is 5.57. The molecule has 2 aromatic heterocycles. The third-order valence-electron chi connectivity index (χ3n) is 3.74. The third-order valence-corrected chi connectivity index (χ3v) is 3.74. The van der Waals surface area contributed by atoms with Crippen LogP contribution in [-0.2, 0) is 0 Å². The summed E-state index contributed by atoms with van der Waals surface area (Å²) >= 11 is 0. The van der Waals surface area contributed by atoms with E-state index in [1.807, 2.05) is 24.3 Å². The number of H-pyrrole nitrogens is 1. The zero-order chi connectivity index (χ0) is 15.6. The Morgan fingerprint density at radius 1 is 1.17 bits per heavy atom. The molecule has 1 saturated carbocycles. The molecule has 3 aromatic rings. The van der Waals surface area contributed by atoms with Crippen molar-refractivity contribution in [1.82, 2.24) is 20.2 Å². The van der Waals surface area contributed by atoms with Crippen molar-refractivity contribution in [2.45, 2.75) is 18.8 Å². The van der Waals surface area contributed by atoms with Gasteiger partial charge in [0.25, 0.3) is 5.91 Å². The minimum absolute atomic E-state index is 0.239. The van der Waals surface area contributed by atoms with Gasteiger partial charge in [-0.05, 0) is 37.1 Å². The van der Waals surface area contributed by atoms with Crippen molar-refractivity contribution in [2.24, 2.45) is 0 Å². The minimum Gasteiger partial charge on any atom is -0.321 e. The van der Waals surface area contributed by atoms with Crippen LogP contribution in [0.1, 0.15) is 35.1 Å². The molecule has 4 rings (SSSR count). The molecule has 1 aromatic carbocycles. The highest BCUT2D eigenvalue weighted by molar-refractivity contribution is 6.03. The van der Waals surface area contributed by atoms with Crippen LogP contribution in [0.2, 0.25) is 0 Å². The smallest absolute Gasteiger partial charge is 0.274 e. The minimum atomic E-state index is -0.239. The Morgan fingerprint density at radius 3 is 2.87 bits per heavy atom. The molecule has 0 aliphatic heterocycles. The van der Waals surface area contributed by atoms with Crippen molar-refractivity contribution in [3.63, 3.8) is 0 Å². The fraction of sp³-hybridized carbons (Fsp3) is 0.176. The predicted octanol–water partition coefficient (Wildman–Crippen LogP) is 3.00.